The van der Waals surface area contributed by atoms with Gasteiger partial charge in [0.25, 0.3) is 5.91 Å². The number of hydrogen-bond acceptors (Lipinski definition) is 3. The van der Waals surface area contributed by atoms with Gasteiger partial charge in [-0.3, -0.25) is 9.78 Å². The molecule has 2 N–H and O–H groups in total. The van der Waals surface area contributed by atoms with Crippen LogP contribution in [0.4, 0.5) is 0 Å². The number of fused-ring (bicyclic) bond motifs is 1. The molecule has 1 aromatic carbocycles. The lowest BCUT2D eigenvalue weighted by molar-refractivity contribution is -0.139. The van der Waals surface area contributed by atoms with Gasteiger partial charge in [0.15, 0.2) is 0 Å². The number of rotatable bonds is 4. The molecule has 0 saturated carbocycles. The van der Waals surface area contributed by atoms with Crippen molar-refractivity contribution in [2.75, 3.05) is 0 Å². The zero-order valence-electron chi connectivity index (χ0n) is 16.5. The van der Waals surface area contributed by atoms with Gasteiger partial charge in [-0.05, 0) is 17.2 Å². The number of pyridine rings is 1. The number of carbonyl (C=O) groups excluding carboxylic acids is 1. The predicted octanol–water partition coefficient (Wildman–Crippen LogP) is 3.86. The molecule has 0 aliphatic carbocycles. The summed E-state index contributed by atoms with van der Waals surface area (Å²) in [6, 6.07) is 7.85. The minimum atomic E-state index is -1.82. The van der Waals surface area contributed by atoms with Gasteiger partial charge in [-0.25, -0.2) is 4.79 Å². The topological polar surface area (TPSA) is 79.3 Å². The number of aromatic nitrogens is 1. The smallest absolute Gasteiger partial charge is 0.327 e. The van der Waals surface area contributed by atoms with Gasteiger partial charge in [0.1, 0.15) is 14.1 Å². The van der Waals surface area contributed by atoms with E-state index in [-0.39, 0.29) is 11.5 Å². The molecule has 2 rings (SSSR count). The summed E-state index contributed by atoms with van der Waals surface area (Å²) in [4.78, 5) is 28.5. The van der Waals surface area contributed by atoms with Crippen molar-refractivity contribution in [2.24, 2.45) is 0 Å². The van der Waals surface area contributed by atoms with Gasteiger partial charge in [0.2, 0.25) is 0 Å². The highest BCUT2D eigenvalue weighted by Gasteiger charge is 2.33. The zero-order chi connectivity index (χ0) is 20.2. The average molecular weight is 383 g/mol. The van der Waals surface area contributed by atoms with Gasteiger partial charge in [-0.2, -0.15) is 0 Å². The molecule has 0 saturated heterocycles. The van der Waals surface area contributed by atoms with Gasteiger partial charge in [0.05, 0.1) is 11.1 Å². The lowest BCUT2D eigenvalue weighted by atomic mass is 10.1. The third-order valence-corrected chi connectivity index (χ3v) is 9.61. The summed E-state index contributed by atoms with van der Waals surface area (Å²) in [6.45, 7) is 10.8. The van der Waals surface area contributed by atoms with E-state index in [1.54, 1.807) is 24.4 Å². The highest BCUT2D eigenvalue weighted by molar-refractivity contribution is 6.87. The predicted molar refractivity (Wildman–Crippen MR) is 110 cm³/mol. The van der Waals surface area contributed by atoms with E-state index >= 15 is 0 Å². The van der Waals surface area contributed by atoms with Crippen molar-refractivity contribution in [1.29, 1.82) is 0 Å². The number of nitrogens with one attached hydrogen (secondary N) is 1. The minimum absolute atomic E-state index is 0.0752. The monoisotopic (exact) mass is 382 g/mol. The number of para-hydroxylation sites is 1. The fourth-order valence-electron chi connectivity index (χ4n) is 2.29. The van der Waals surface area contributed by atoms with E-state index < -0.39 is 26.0 Å². The van der Waals surface area contributed by atoms with E-state index in [0.717, 1.165) is 5.39 Å². The number of carboxylic acids is 1. The van der Waals surface area contributed by atoms with Crippen molar-refractivity contribution >= 4 is 30.9 Å². The Kier molecular flexibility index (Phi) is 6.07. The summed E-state index contributed by atoms with van der Waals surface area (Å²) in [7, 11) is -1.82. The summed E-state index contributed by atoms with van der Waals surface area (Å²) in [5, 5.41) is 13.0. The van der Waals surface area contributed by atoms with Crippen LogP contribution in [-0.2, 0) is 4.79 Å². The maximum Gasteiger partial charge on any atom is 0.327 e. The third-order valence-electron chi connectivity index (χ3n) is 5.06. The van der Waals surface area contributed by atoms with Gasteiger partial charge < -0.3 is 10.4 Å². The van der Waals surface area contributed by atoms with Crippen LogP contribution in [0, 0.1) is 11.5 Å². The lowest BCUT2D eigenvalue weighted by Gasteiger charge is -2.31. The van der Waals surface area contributed by atoms with Crippen molar-refractivity contribution < 1.29 is 14.7 Å². The van der Waals surface area contributed by atoms with Gasteiger partial charge in [-0.1, -0.05) is 52.1 Å². The van der Waals surface area contributed by atoms with Crippen molar-refractivity contribution in [2.45, 2.75) is 51.4 Å². The van der Waals surface area contributed by atoms with Crippen LogP contribution in [0.25, 0.3) is 10.9 Å². The minimum Gasteiger partial charge on any atom is -0.480 e. The summed E-state index contributed by atoms with van der Waals surface area (Å²) in [6.07, 6.45) is 1.68. The third kappa shape index (κ3) is 4.95. The first-order chi connectivity index (χ1) is 12.5. The van der Waals surface area contributed by atoms with Crippen LogP contribution in [0.15, 0.2) is 36.5 Å². The summed E-state index contributed by atoms with van der Waals surface area (Å²) in [5.41, 5.74) is 4.20. The van der Waals surface area contributed by atoms with Crippen LogP contribution >= 0.6 is 0 Å². The molecule has 5 nitrogen and oxygen atoms in total. The van der Waals surface area contributed by atoms with Gasteiger partial charge in [-0.15, -0.1) is 11.5 Å². The molecule has 0 aliphatic heterocycles. The standard InChI is InChI=1S/C21H26N2O3Si/c1-21(2,3)27(4,5)14-8-12-17(20(25)26)23-19(24)16-11-6-9-15-10-7-13-22-18(15)16/h6-7,9-11,13,17H,12H2,1-5H3,(H,23,24)(H,25,26)/t17-/m1/s1. The molecule has 27 heavy (non-hydrogen) atoms. The second kappa shape index (κ2) is 7.93. The lowest BCUT2D eigenvalue weighted by Crippen LogP contribution is -2.41. The maximum absolute atomic E-state index is 12.6. The largest absolute Gasteiger partial charge is 0.480 e. The van der Waals surface area contributed by atoms with E-state index in [4.69, 9.17) is 0 Å². The van der Waals surface area contributed by atoms with Gasteiger partial charge in [0, 0.05) is 18.0 Å². The fraction of sp³-hybridized carbons (Fsp3) is 0.381. The van der Waals surface area contributed by atoms with Crippen molar-refractivity contribution in [1.82, 2.24) is 10.3 Å². The molecule has 1 atom stereocenters. The Hall–Kier alpha value is -2.65. The molecular formula is C21H26N2O3Si. The van der Waals surface area contributed by atoms with E-state index in [1.807, 2.05) is 12.1 Å². The molecule has 2 aromatic rings. The van der Waals surface area contributed by atoms with E-state index in [0.29, 0.717) is 11.1 Å². The first kappa shape index (κ1) is 20.7. The second-order valence-electron chi connectivity index (χ2n) is 8.13. The molecule has 0 radical (unpaired) electrons. The van der Waals surface area contributed by atoms with Crippen LogP contribution in [0.5, 0.6) is 0 Å². The molecule has 1 aromatic heterocycles. The molecule has 1 amide bonds. The number of nitrogens with zero attached hydrogens (tertiary/aromatic N) is 1. The van der Waals surface area contributed by atoms with E-state index in [1.165, 1.54) is 0 Å². The summed E-state index contributed by atoms with van der Waals surface area (Å²) < 4.78 is 0. The zero-order valence-corrected chi connectivity index (χ0v) is 17.5. The normalized spacial score (nSPS) is 12.8. The Balaban J connectivity index is 2.19. The quantitative estimate of drug-likeness (QED) is 0.622. The second-order valence-corrected chi connectivity index (χ2v) is 13.1. The maximum atomic E-state index is 12.6. The Morgan fingerprint density at radius 1 is 1.22 bits per heavy atom. The van der Waals surface area contributed by atoms with Crippen molar-refractivity contribution in [3.63, 3.8) is 0 Å². The molecule has 142 valence electrons. The van der Waals surface area contributed by atoms with Crippen LogP contribution in [0.1, 0.15) is 37.6 Å². The van der Waals surface area contributed by atoms with E-state index in [9.17, 15) is 14.7 Å². The number of hydrogen-bond donors (Lipinski definition) is 2. The molecule has 0 aliphatic rings. The fourth-order valence-corrected chi connectivity index (χ4v) is 3.20. The Labute approximate surface area is 161 Å². The molecular weight excluding hydrogens is 356 g/mol. The molecule has 0 spiro atoms. The number of carboxylic acid groups (broad SMARTS) is 1. The molecule has 0 bridgehead atoms. The van der Waals surface area contributed by atoms with Crippen molar-refractivity contribution in [3.05, 3.63) is 42.1 Å². The van der Waals surface area contributed by atoms with Crippen LogP contribution in [-0.4, -0.2) is 36.1 Å². The summed E-state index contributed by atoms with van der Waals surface area (Å²) in [5.74, 6) is 1.45. The van der Waals surface area contributed by atoms with Crippen molar-refractivity contribution in [3.8, 4) is 11.5 Å². The average Bonchev–Trinajstić information content (AvgIpc) is 2.59. The highest BCUT2D eigenvalue weighted by atomic mass is 28.3. The Bertz CT molecular complexity index is 915. The molecule has 0 unspecified atom stereocenters. The number of aliphatic carboxylic acids is 1. The molecule has 1 heterocycles. The first-order valence-corrected chi connectivity index (χ1v) is 11.9. The van der Waals surface area contributed by atoms with Crippen LogP contribution < -0.4 is 5.32 Å². The van der Waals surface area contributed by atoms with Gasteiger partial charge >= 0.3 is 5.97 Å². The van der Waals surface area contributed by atoms with Crippen LogP contribution in [0.2, 0.25) is 18.1 Å². The first-order valence-electron chi connectivity index (χ1n) is 8.90. The highest BCUT2D eigenvalue weighted by Crippen LogP contribution is 2.35. The Morgan fingerprint density at radius 2 is 1.89 bits per heavy atom. The number of benzene rings is 1. The summed E-state index contributed by atoms with van der Waals surface area (Å²) >= 11 is 0. The number of carbonyl (C=O) groups is 2. The molecule has 0 fully saturated rings. The van der Waals surface area contributed by atoms with E-state index in [2.05, 4.69) is 55.6 Å². The SMILES string of the molecule is CC(C)(C)[Si](C)(C)C#CC[C@@H](NC(=O)c1cccc2cccnc12)C(=O)O. The molecule has 6 heteroatoms. The van der Waals surface area contributed by atoms with Crippen LogP contribution in [0.3, 0.4) is 0 Å². The number of amides is 1. The Morgan fingerprint density at radius 3 is 2.52 bits per heavy atom.